The first-order valence-electron chi connectivity index (χ1n) is 6.95. The summed E-state index contributed by atoms with van der Waals surface area (Å²) in [4.78, 5) is 32.2. The molecule has 0 aliphatic heterocycles. The number of thiophene rings is 1. The Morgan fingerprint density at radius 2 is 2.04 bits per heavy atom. The molecule has 0 amide bonds. The van der Waals surface area contributed by atoms with E-state index >= 15 is 0 Å². The summed E-state index contributed by atoms with van der Waals surface area (Å²) in [6, 6.07) is 9.71. The molecular formula is C16H14N2O3S2. The molecule has 2 N–H and O–H groups in total. The predicted octanol–water partition coefficient (Wildman–Crippen LogP) is 3.53. The monoisotopic (exact) mass is 346 g/mol. The number of thioether (sulfide) groups is 1. The first-order valence-corrected chi connectivity index (χ1v) is 8.65. The van der Waals surface area contributed by atoms with Gasteiger partial charge in [0, 0.05) is 10.4 Å². The molecule has 3 aromatic rings. The minimum atomic E-state index is -0.940. The Kier molecular flexibility index (Phi) is 4.23. The molecule has 7 heteroatoms. The predicted molar refractivity (Wildman–Crippen MR) is 93.4 cm³/mol. The normalized spacial score (nSPS) is 12.4. The first-order chi connectivity index (χ1) is 11.0. The molecule has 0 unspecified atom stereocenters. The average Bonchev–Trinajstić information content (AvgIpc) is 2.84. The number of hydrogen-bond donors (Lipinski definition) is 2. The Morgan fingerprint density at radius 1 is 1.35 bits per heavy atom. The fraction of sp³-hybridized carbons (Fsp3) is 0.188. The van der Waals surface area contributed by atoms with E-state index in [0.29, 0.717) is 15.4 Å². The van der Waals surface area contributed by atoms with E-state index in [4.69, 9.17) is 5.11 Å². The van der Waals surface area contributed by atoms with Crippen molar-refractivity contribution in [2.45, 2.75) is 24.3 Å². The molecular weight excluding hydrogens is 332 g/mol. The second-order valence-electron chi connectivity index (χ2n) is 5.05. The number of carbonyl (C=O) groups is 1. The maximum Gasteiger partial charge on any atom is 0.316 e. The highest BCUT2D eigenvalue weighted by atomic mass is 32.2. The molecule has 0 spiro atoms. The SMILES string of the molecule is Cc1sc2nc(S[C@H](C)C(=O)O)[nH]c(=O)c2c1-c1ccccc1. The van der Waals surface area contributed by atoms with Crippen LogP contribution in [0.5, 0.6) is 0 Å². The molecule has 0 bridgehead atoms. The van der Waals surface area contributed by atoms with Crippen molar-refractivity contribution in [3.8, 4) is 11.1 Å². The maximum absolute atomic E-state index is 12.5. The lowest BCUT2D eigenvalue weighted by molar-refractivity contribution is -0.136. The van der Waals surface area contributed by atoms with Gasteiger partial charge in [-0.05, 0) is 19.4 Å². The number of aromatic nitrogens is 2. The van der Waals surface area contributed by atoms with Gasteiger partial charge in [-0.1, -0.05) is 42.1 Å². The fourth-order valence-corrected chi connectivity index (χ4v) is 4.16. The molecule has 2 heterocycles. The van der Waals surface area contributed by atoms with Crippen molar-refractivity contribution < 1.29 is 9.90 Å². The highest BCUT2D eigenvalue weighted by Gasteiger charge is 2.19. The highest BCUT2D eigenvalue weighted by Crippen LogP contribution is 2.36. The number of carboxylic acid groups (broad SMARTS) is 1. The molecule has 0 fully saturated rings. The zero-order valence-electron chi connectivity index (χ0n) is 12.5. The largest absolute Gasteiger partial charge is 0.480 e. The van der Waals surface area contributed by atoms with Crippen molar-refractivity contribution in [3.63, 3.8) is 0 Å². The third-order valence-electron chi connectivity index (χ3n) is 3.41. The summed E-state index contributed by atoms with van der Waals surface area (Å²) in [5.41, 5.74) is 1.63. The molecule has 0 radical (unpaired) electrons. The van der Waals surface area contributed by atoms with Crippen LogP contribution in [0, 0.1) is 6.92 Å². The van der Waals surface area contributed by atoms with Crippen molar-refractivity contribution in [1.29, 1.82) is 0 Å². The molecule has 1 atom stereocenters. The van der Waals surface area contributed by atoms with Crippen molar-refractivity contribution in [2.75, 3.05) is 0 Å². The van der Waals surface area contributed by atoms with Crippen molar-refractivity contribution in [3.05, 3.63) is 45.6 Å². The molecule has 5 nitrogen and oxygen atoms in total. The standard InChI is InChI=1S/C16H14N2O3S2/c1-8-11(10-6-4-3-5-7-10)12-13(19)17-16(18-14(12)22-8)23-9(2)15(20)21/h3-7,9H,1-2H3,(H,20,21)(H,17,18,19)/t9-/m1/s1. The summed E-state index contributed by atoms with van der Waals surface area (Å²) in [6.45, 7) is 3.52. The lowest BCUT2D eigenvalue weighted by atomic mass is 10.0. The molecule has 0 aliphatic rings. The Balaban J connectivity index is 2.15. The number of carboxylic acids is 1. The van der Waals surface area contributed by atoms with E-state index in [0.717, 1.165) is 27.8 Å². The van der Waals surface area contributed by atoms with E-state index in [2.05, 4.69) is 9.97 Å². The quantitative estimate of drug-likeness (QED) is 0.558. The number of benzene rings is 1. The van der Waals surface area contributed by atoms with Gasteiger partial charge in [0.15, 0.2) is 5.16 Å². The summed E-state index contributed by atoms with van der Waals surface area (Å²) >= 11 is 2.48. The number of fused-ring (bicyclic) bond motifs is 1. The Bertz CT molecular complexity index is 932. The summed E-state index contributed by atoms with van der Waals surface area (Å²) in [5.74, 6) is -0.940. The zero-order valence-corrected chi connectivity index (χ0v) is 14.1. The molecule has 23 heavy (non-hydrogen) atoms. The number of H-pyrrole nitrogens is 1. The number of hydrogen-bond acceptors (Lipinski definition) is 5. The number of aryl methyl sites for hydroxylation is 1. The van der Waals surface area contributed by atoms with Crippen molar-refractivity contribution >= 4 is 39.3 Å². The van der Waals surface area contributed by atoms with Crippen molar-refractivity contribution in [2.24, 2.45) is 0 Å². The Morgan fingerprint density at radius 3 is 2.70 bits per heavy atom. The highest BCUT2D eigenvalue weighted by molar-refractivity contribution is 8.00. The Hall–Kier alpha value is -2.12. The van der Waals surface area contributed by atoms with Gasteiger partial charge in [-0.2, -0.15) is 0 Å². The smallest absolute Gasteiger partial charge is 0.316 e. The van der Waals surface area contributed by atoms with Gasteiger partial charge >= 0.3 is 5.97 Å². The zero-order chi connectivity index (χ0) is 16.6. The van der Waals surface area contributed by atoms with Gasteiger partial charge in [0.1, 0.15) is 10.1 Å². The van der Waals surface area contributed by atoms with Crippen LogP contribution in [0.1, 0.15) is 11.8 Å². The molecule has 2 aromatic heterocycles. The van der Waals surface area contributed by atoms with E-state index in [1.54, 1.807) is 6.92 Å². The van der Waals surface area contributed by atoms with Crippen LogP contribution in [0.3, 0.4) is 0 Å². The van der Waals surface area contributed by atoms with Crippen LogP contribution in [0.4, 0.5) is 0 Å². The number of aliphatic carboxylic acids is 1. The van der Waals surface area contributed by atoms with Gasteiger partial charge in [-0.25, -0.2) is 4.98 Å². The third-order valence-corrected chi connectivity index (χ3v) is 5.39. The lowest BCUT2D eigenvalue weighted by Crippen LogP contribution is -2.14. The maximum atomic E-state index is 12.5. The van der Waals surface area contributed by atoms with Crippen LogP contribution < -0.4 is 5.56 Å². The van der Waals surface area contributed by atoms with Gasteiger partial charge in [0.25, 0.3) is 5.56 Å². The van der Waals surface area contributed by atoms with E-state index in [-0.39, 0.29) is 5.56 Å². The fourth-order valence-electron chi connectivity index (χ4n) is 2.33. The minimum Gasteiger partial charge on any atom is -0.480 e. The average molecular weight is 346 g/mol. The van der Waals surface area contributed by atoms with Gasteiger partial charge in [-0.3, -0.25) is 9.59 Å². The second-order valence-corrected chi connectivity index (χ2v) is 7.58. The van der Waals surface area contributed by atoms with E-state index in [1.165, 1.54) is 11.3 Å². The van der Waals surface area contributed by atoms with Gasteiger partial charge < -0.3 is 10.1 Å². The summed E-state index contributed by atoms with van der Waals surface area (Å²) < 4.78 is 0. The first kappa shape index (κ1) is 15.8. The van der Waals surface area contributed by atoms with Gasteiger partial charge in [-0.15, -0.1) is 11.3 Å². The van der Waals surface area contributed by atoms with Crippen LogP contribution >= 0.6 is 23.1 Å². The van der Waals surface area contributed by atoms with E-state index in [9.17, 15) is 9.59 Å². The molecule has 118 valence electrons. The summed E-state index contributed by atoms with van der Waals surface area (Å²) in [6.07, 6.45) is 0. The van der Waals surface area contributed by atoms with Crippen LogP contribution in [0.25, 0.3) is 21.3 Å². The Labute approximate surface area is 140 Å². The topological polar surface area (TPSA) is 83.0 Å². The van der Waals surface area contributed by atoms with Crippen LogP contribution in [0.15, 0.2) is 40.3 Å². The minimum absolute atomic E-state index is 0.238. The van der Waals surface area contributed by atoms with E-state index < -0.39 is 11.2 Å². The summed E-state index contributed by atoms with van der Waals surface area (Å²) in [7, 11) is 0. The number of aromatic amines is 1. The van der Waals surface area contributed by atoms with Crippen LogP contribution in [-0.2, 0) is 4.79 Å². The van der Waals surface area contributed by atoms with E-state index in [1.807, 2.05) is 37.3 Å². The third kappa shape index (κ3) is 3.02. The second kappa shape index (κ2) is 6.17. The van der Waals surface area contributed by atoms with Crippen LogP contribution in [-0.4, -0.2) is 26.3 Å². The van der Waals surface area contributed by atoms with Crippen molar-refractivity contribution in [1.82, 2.24) is 9.97 Å². The molecule has 1 aromatic carbocycles. The molecule has 0 saturated heterocycles. The van der Waals surface area contributed by atoms with Crippen LogP contribution in [0.2, 0.25) is 0 Å². The molecule has 0 aliphatic carbocycles. The molecule has 0 saturated carbocycles. The number of nitrogens with zero attached hydrogens (tertiary/aromatic N) is 1. The number of rotatable bonds is 4. The lowest BCUT2D eigenvalue weighted by Gasteiger charge is -2.05. The van der Waals surface area contributed by atoms with Gasteiger partial charge in [0.2, 0.25) is 0 Å². The number of nitrogens with one attached hydrogen (secondary N) is 1. The molecule has 3 rings (SSSR count). The summed E-state index contributed by atoms with van der Waals surface area (Å²) in [5, 5.41) is 9.20. The van der Waals surface area contributed by atoms with Gasteiger partial charge in [0.05, 0.1) is 5.39 Å².